The minimum absolute atomic E-state index is 0.0200. The highest BCUT2D eigenvalue weighted by Gasteiger charge is 2.34. The van der Waals surface area contributed by atoms with E-state index >= 15 is 0 Å². The molecule has 0 saturated heterocycles. The van der Waals surface area contributed by atoms with E-state index in [-0.39, 0.29) is 17.0 Å². The van der Waals surface area contributed by atoms with E-state index in [1.54, 1.807) is 12.1 Å². The van der Waals surface area contributed by atoms with Crippen molar-refractivity contribution in [3.05, 3.63) is 53.6 Å². The average Bonchev–Trinajstić information content (AvgIpc) is 2.40. The Hall–Kier alpha value is -2.50. The number of hydrogen-bond donors (Lipinski definition) is 1. The topological polar surface area (TPSA) is 52.3 Å². The molecular weight excluding hydrogens is 271 g/mol. The molecule has 6 heteroatoms. The molecule has 0 aliphatic carbocycles. The van der Waals surface area contributed by atoms with Gasteiger partial charge in [0.15, 0.2) is 6.29 Å². The second-order valence-electron chi connectivity index (χ2n) is 4.01. The Kier molecular flexibility index (Phi) is 3.65. The number of hydrogen-bond acceptors (Lipinski definition) is 3. The van der Waals surface area contributed by atoms with Gasteiger partial charge in [-0.25, -0.2) is 0 Å². The maximum Gasteiger partial charge on any atom is 0.420 e. The summed E-state index contributed by atoms with van der Waals surface area (Å²) in [7, 11) is 0. The Labute approximate surface area is 112 Å². The number of aldehydes is 1. The fraction of sp³-hybridized carbons (Fsp3) is 0.0714. The fourth-order valence-corrected chi connectivity index (χ4v) is 1.65. The summed E-state index contributed by atoms with van der Waals surface area (Å²) in [6, 6.07) is 9.23. The van der Waals surface area contributed by atoms with Crippen molar-refractivity contribution >= 4 is 12.0 Å². The number of nitrogen functional groups attached to an aromatic ring is 1. The third-order valence-corrected chi connectivity index (χ3v) is 2.57. The summed E-state index contributed by atoms with van der Waals surface area (Å²) < 4.78 is 43.9. The van der Waals surface area contributed by atoms with Crippen molar-refractivity contribution in [2.45, 2.75) is 6.18 Å². The number of carbonyl (C=O) groups is 1. The molecule has 0 saturated carbocycles. The quantitative estimate of drug-likeness (QED) is 0.686. The first-order valence-electron chi connectivity index (χ1n) is 5.60. The molecule has 0 aromatic heterocycles. The van der Waals surface area contributed by atoms with Crippen molar-refractivity contribution in [1.82, 2.24) is 0 Å². The third kappa shape index (κ3) is 2.90. The predicted molar refractivity (Wildman–Crippen MR) is 67.8 cm³/mol. The zero-order chi connectivity index (χ0) is 14.8. The zero-order valence-electron chi connectivity index (χ0n) is 10.1. The number of anilines is 1. The average molecular weight is 281 g/mol. The Morgan fingerprint density at radius 3 is 2.40 bits per heavy atom. The van der Waals surface area contributed by atoms with Crippen LogP contribution in [0.1, 0.15) is 15.9 Å². The van der Waals surface area contributed by atoms with Crippen LogP contribution in [0, 0.1) is 0 Å². The molecule has 0 spiro atoms. The number of para-hydroxylation sites is 1. The van der Waals surface area contributed by atoms with Crippen LogP contribution < -0.4 is 10.5 Å². The zero-order valence-corrected chi connectivity index (χ0v) is 10.1. The van der Waals surface area contributed by atoms with E-state index in [1.165, 1.54) is 18.2 Å². The van der Waals surface area contributed by atoms with Gasteiger partial charge in [0.1, 0.15) is 17.1 Å². The molecule has 2 rings (SSSR count). The summed E-state index contributed by atoms with van der Waals surface area (Å²) in [5, 5.41) is 0. The van der Waals surface area contributed by atoms with Gasteiger partial charge in [-0.05, 0) is 30.3 Å². The Balaban J connectivity index is 2.46. The Morgan fingerprint density at radius 1 is 1.05 bits per heavy atom. The number of nitrogens with two attached hydrogens (primary N) is 1. The van der Waals surface area contributed by atoms with Crippen LogP contribution in [0.15, 0.2) is 42.5 Å². The molecule has 0 unspecified atom stereocenters. The van der Waals surface area contributed by atoms with E-state index in [9.17, 15) is 18.0 Å². The van der Waals surface area contributed by atoms with E-state index < -0.39 is 17.5 Å². The second kappa shape index (κ2) is 5.24. The van der Waals surface area contributed by atoms with Gasteiger partial charge in [-0.1, -0.05) is 12.1 Å². The van der Waals surface area contributed by atoms with Crippen LogP contribution in [0.4, 0.5) is 18.9 Å². The van der Waals surface area contributed by atoms with Crippen molar-refractivity contribution in [3.63, 3.8) is 0 Å². The monoisotopic (exact) mass is 281 g/mol. The first-order valence-corrected chi connectivity index (χ1v) is 5.60. The molecule has 0 aliphatic heterocycles. The van der Waals surface area contributed by atoms with Crippen molar-refractivity contribution < 1.29 is 22.7 Å². The van der Waals surface area contributed by atoms with Gasteiger partial charge in [-0.3, -0.25) is 4.79 Å². The number of alkyl halides is 3. The number of halogens is 3. The SMILES string of the molecule is Nc1ccc(Oc2ccccc2C=O)c(C(F)(F)F)c1. The van der Waals surface area contributed by atoms with Crippen molar-refractivity contribution in [2.75, 3.05) is 5.73 Å². The number of ether oxygens (including phenoxy) is 1. The minimum atomic E-state index is -4.60. The van der Waals surface area contributed by atoms with Gasteiger partial charge in [0.25, 0.3) is 0 Å². The smallest absolute Gasteiger partial charge is 0.420 e. The van der Waals surface area contributed by atoms with Gasteiger partial charge >= 0.3 is 6.18 Å². The van der Waals surface area contributed by atoms with Crippen molar-refractivity contribution in [3.8, 4) is 11.5 Å². The molecule has 104 valence electrons. The molecular formula is C14H10F3NO2. The van der Waals surface area contributed by atoms with Gasteiger partial charge in [-0.2, -0.15) is 13.2 Å². The predicted octanol–water partition coefficient (Wildman–Crippen LogP) is 3.89. The normalized spacial score (nSPS) is 11.2. The molecule has 0 atom stereocenters. The highest BCUT2D eigenvalue weighted by atomic mass is 19.4. The molecule has 20 heavy (non-hydrogen) atoms. The van der Waals surface area contributed by atoms with Crippen molar-refractivity contribution in [2.24, 2.45) is 0 Å². The summed E-state index contributed by atoms with van der Waals surface area (Å²) in [5.41, 5.74) is 4.52. The number of rotatable bonds is 3. The molecule has 0 aliphatic rings. The van der Waals surface area contributed by atoms with Crippen LogP contribution in [-0.2, 0) is 6.18 Å². The first-order chi connectivity index (χ1) is 9.41. The number of benzene rings is 2. The van der Waals surface area contributed by atoms with Gasteiger partial charge in [0, 0.05) is 5.69 Å². The van der Waals surface area contributed by atoms with E-state index in [1.807, 2.05) is 0 Å². The van der Waals surface area contributed by atoms with Crippen LogP contribution in [0.5, 0.6) is 11.5 Å². The minimum Gasteiger partial charge on any atom is -0.456 e. The molecule has 2 N–H and O–H groups in total. The second-order valence-corrected chi connectivity index (χ2v) is 4.01. The van der Waals surface area contributed by atoms with Gasteiger partial charge in [-0.15, -0.1) is 0 Å². The molecule has 0 amide bonds. The maximum absolute atomic E-state index is 12.9. The third-order valence-electron chi connectivity index (χ3n) is 2.57. The van der Waals surface area contributed by atoms with Gasteiger partial charge in [0.05, 0.1) is 5.56 Å². The summed E-state index contributed by atoms with van der Waals surface area (Å²) >= 11 is 0. The van der Waals surface area contributed by atoms with Crippen molar-refractivity contribution in [1.29, 1.82) is 0 Å². The van der Waals surface area contributed by atoms with Crippen LogP contribution in [-0.4, -0.2) is 6.29 Å². The lowest BCUT2D eigenvalue weighted by Gasteiger charge is -2.15. The Bertz CT molecular complexity index is 639. The van der Waals surface area contributed by atoms with Crippen LogP contribution in [0.25, 0.3) is 0 Å². The lowest BCUT2D eigenvalue weighted by atomic mass is 10.1. The van der Waals surface area contributed by atoms with E-state index in [0.717, 1.165) is 12.1 Å². The summed E-state index contributed by atoms with van der Waals surface area (Å²) in [6.07, 6.45) is -4.08. The summed E-state index contributed by atoms with van der Waals surface area (Å²) in [5.74, 6) is -0.348. The molecule has 3 nitrogen and oxygen atoms in total. The number of carbonyl (C=O) groups excluding carboxylic acids is 1. The molecule has 0 heterocycles. The lowest BCUT2D eigenvalue weighted by Crippen LogP contribution is -2.08. The van der Waals surface area contributed by atoms with Crippen LogP contribution in [0.2, 0.25) is 0 Å². The fourth-order valence-electron chi connectivity index (χ4n) is 1.65. The van der Waals surface area contributed by atoms with E-state index in [0.29, 0.717) is 6.29 Å². The largest absolute Gasteiger partial charge is 0.456 e. The summed E-state index contributed by atoms with van der Waals surface area (Å²) in [4.78, 5) is 10.8. The van der Waals surface area contributed by atoms with E-state index in [4.69, 9.17) is 10.5 Å². The highest BCUT2D eigenvalue weighted by molar-refractivity contribution is 5.79. The van der Waals surface area contributed by atoms with Crippen LogP contribution in [0.3, 0.4) is 0 Å². The lowest BCUT2D eigenvalue weighted by molar-refractivity contribution is -0.138. The molecule has 2 aromatic carbocycles. The van der Waals surface area contributed by atoms with Crippen LogP contribution >= 0.6 is 0 Å². The molecule has 0 fully saturated rings. The maximum atomic E-state index is 12.9. The standard InChI is InChI=1S/C14H10F3NO2/c15-14(16,17)11-7-10(18)5-6-13(11)20-12-4-2-1-3-9(12)8-19/h1-8H,18H2. The van der Waals surface area contributed by atoms with E-state index in [2.05, 4.69) is 0 Å². The van der Waals surface area contributed by atoms with Gasteiger partial charge in [0.2, 0.25) is 0 Å². The molecule has 2 aromatic rings. The molecule has 0 radical (unpaired) electrons. The highest BCUT2D eigenvalue weighted by Crippen LogP contribution is 2.39. The molecule has 0 bridgehead atoms. The van der Waals surface area contributed by atoms with Gasteiger partial charge < -0.3 is 10.5 Å². The Morgan fingerprint density at radius 2 is 1.75 bits per heavy atom. The first kappa shape index (κ1) is 13.9. The summed E-state index contributed by atoms with van der Waals surface area (Å²) in [6.45, 7) is 0.